The van der Waals surface area contributed by atoms with Gasteiger partial charge in [0.1, 0.15) is 16.2 Å². The van der Waals surface area contributed by atoms with Crippen molar-refractivity contribution < 1.29 is 13.6 Å². The average Bonchev–Trinajstić information content (AvgIpc) is 3.45. The summed E-state index contributed by atoms with van der Waals surface area (Å²) in [5.74, 6) is 0.730. The first-order valence-electron chi connectivity index (χ1n) is 12.2. The lowest BCUT2D eigenvalue weighted by Gasteiger charge is -2.29. The molecule has 2 atom stereocenters. The van der Waals surface area contributed by atoms with Gasteiger partial charge in [-0.25, -0.2) is 0 Å². The van der Waals surface area contributed by atoms with Crippen molar-refractivity contribution in [3.8, 4) is 22.5 Å². The smallest absolute Gasteiger partial charge is 0.167 e. The fourth-order valence-corrected chi connectivity index (χ4v) is 5.23. The van der Waals surface area contributed by atoms with E-state index in [9.17, 15) is 4.55 Å². The number of hydrogen-bond acceptors (Lipinski definition) is 7. The molecule has 0 fully saturated rings. The molecule has 2 aromatic carbocycles. The molecule has 190 valence electrons. The van der Waals surface area contributed by atoms with Crippen LogP contribution in [0.15, 0.2) is 75.8 Å². The first-order valence-corrected chi connectivity index (χ1v) is 13.4. The minimum absolute atomic E-state index is 0.292. The van der Waals surface area contributed by atoms with Gasteiger partial charge in [0.05, 0.1) is 23.0 Å². The molecule has 7 nitrogen and oxygen atoms in total. The predicted octanol–water partition coefficient (Wildman–Crippen LogP) is 6.50. The summed E-state index contributed by atoms with van der Waals surface area (Å²) in [6.45, 7) is 9.68. The Balaban J connectivity index is 1.58. The van der Waals surface area contributed by atoms with E-state index in [2.05, 4.69) is 21.1 Å². The quantitative estimate of drug-likeness (QED) is 0.248. The minimum atomic E-state index is -1.31. The van der Waals surface area contributed by atoms with Crippen LogP contribution in [0, 0.1) is 13.8 Å². The van der Waals surface area contributed by atoms with Crippen molar-refractivity contribution in [3.63, 3.8) is 0 Å². The zero-order valence-electron chi connectivity index (χ0n) is 21.6. The number of benzene rings is 2. The lowest BCUT2D eigenvalue weighted by molar-refractivity contribution is 0.393. The molecule has 5 aromatic rings. The second kappa shape index (κ2) is 10.1. The summed E-state index contributed by atoms with van der Waals surface area (Å²) in [4.78, 5) is 4.94. The topological polar surface area (TPSA) is 100 Å². The van der Waals surface area contributed by atoms with E-state index in [0.29, 0.717) is 6.42 Å². The average molecular weight is 515 g/mol. The van der Waals surface area contributed by atoms with Gasteiger partial charge in [-0.3, -0.25) is 4.98 Å². The molecule has 1 unspecified atom stereocenters. The number of aromatic nitrogens is 3. The lowest BCUT2D eigenvalue weighted by Crippen LogP contribution is -2.42. The summed E-state index contributed by atoms with van der Waals surface area (Å²) >= 11 is -1.31. The molecule has 0 saturated heterocycles. The van der Waals surface area contributed by atoms with Gasteiger partial charge in [-0.1, -0.05) is 52.8 Å². The van der Waals surface area contributed by atoms with Crippen molar-refractivity contribution in [3.05, 3.63) is 89.4 Å². The normalized spacial score (nSPS) is 13.7. The Morgan fingerprint density at radius 3 is 2.43 bits per heavy atom. The van der Waals surface area contributed by atoms with E-state index in [1.54, 1.807) is 0 Å². The summed E-state index contributed by atoms with van der Waals surface area (Å²) in [5.41, 5.74) is 6.76. The van der Waals surface area contributed by atoms with E-state index in [4.69, 9.17) is 14.0 Å². The van der Waals surface area contributed by atoms with Gasteiger partial charge in [0.15, 0.2) is 5.58 Å². The van der Waals surface area contributed by atoms with E-state index >= 15 is 0 Å². The maximum Gasteiger partial charge on any atom is 0.167 e. The molecule has 0 bridgehead atoms. The number of nitrogens with one attached hydrogen (secondary N) is 1. The lowest BCUT2D eigenvalue weighted by atomic mass is 9.94. The van der Waals surface area contributed by atoms with Crippen LogP contribution in [-0.2, 0) is 17.8 Å². The van der Waals surface area contributed by atoms with Gasteiger partial charge >= 0.3 is 0 Å². The van der Waals surface area contributed by atoms with Crippen LogP contribution < -0.4 is 4.72 Å². The monoisotopic (exact) mass is 514 g/mol. The van der Waals surface area contributed by atoms with Crippen LogP contribution in [-0.4, -0.2) is 24.6 Å². The molecule has 1 N–H and O–H groups in total. The van der Waals surface area contributed by atoms with Gasteiger partial charge in [0.25, 0.3) is 0 Å². The van der Waals surface area contributed by atoms with E-state index in [0.717, 1.165) is 56.2 Å². The summed E-state index contributed by atoms with van der Waals surface area (Å²) in [7, 11) is 0. The van der Waals surface area contributed by atoms with Crippen LogP contribution in [0.25, 0.3) is 33.5 Å². The van der Waals surface area contributed by atoms with Gasteiger partial charge in [-0.2, -0.15) is 0 Å². The third-order valence-electron chi connectivity index (χ3n) is 6.28. The van der Waals surface area contributed by atoms with Crippen molar-refractivity contribution >= 4 is 22.3 Å². The number of para-hydroxylation sites is 1. The zero-order valence-corrected chi connectivity index (χ0v) is 22.4. The highest BCUT2D eigenvalue weighted by Crippen LogP contribution is 2.35. The SMILES string of the molecule is Cc1noc(C)c1-c1cccc(CC(N[S@@+]([O-])C(C)(C)C)c2ccccc2-c2noc3ccccc23)n1. The van der Waals surface area contributed by atoms with Crippen LogP contribution >= 0.6 is 0 Å². The number of nitrogens with zero attached hydrogens (tertiary/aromatic N) is 3. The molecule has 5 rings (SSSR count). The number of aryl methyl sites for hydroxylation is 2. The first-order chi connectivity index (χ1) is 17.7. The molecule has 37 heavy (non-hydrogen) atoms. The Hall–Kier alpha value is -3.46. The second-order valence-electron chi connectivity index (χ2n) is 10.1. The van der Waals surface area contributed by atoms with E-state index in [-0.39, 0.29) is 6.04 Å². The molecule has 0 radical (unpaired) electrons. The molecular weight excluding hydrogens is 484 g/mol. The Bertz CT molecular complexity index is 1520. The van der Waals surface area contributed by atoms with Gasteiger partial charge in [-0.05, 0) is 64.4 Å². The Morgan fingerprint density at radius 1 is 0.919 bits per heavy atom. The number of fused-ring (bicyclic) bond motifs is 1. The van der Waals surface area contributed by atoms with Crippen molar-refractivity contribution in [2.24, 2.45) is 0 Å². The minimum Gasteiger partial charge on any atom is -0.598 e. The Labute approximate surface area is 219 Å². The predicted molar refractivity (Wildman–Crippen MR) is 146 cm³/mol. The first kappa shape index (κ1) is 25.2. The molecule has 3 heterocycles. The van der Waals surface area contributed by atoms with Crippen LogP contribution in [0.1, 0.15) is 49.5 Å². The van der Waals surface area contributed by atoms with Crippen LogP contribution in [0.4, 0.5) is 0 Å². The third kappa shape index (κ3) is 5.18. The highest BCUT2D eigenvalue weighted by Gasteiger charge is 2.32. The Morgan fingerprint density at radius 2 is 1.68 bits per heavy atom. The molecule has 0 saturated carbocycles. The van der Waals surface area contributed by atoms with Gasteiger partial charge < -0.3 is 13.6 Å². The molecular formula is C29H30N4O3S. The van der Waals surface area contributed by atoms with Gasteiger partial charge in [0, 0.05) is 34.4 Å². The number of pyridine rings is 1. The summed E-state index contributed by atoms with van der Waals surface area (Å²) in [6.07, 6.45) is 0.520. The molecule has 3 aromatic heterocycles. The van der Waals surface area contributed by atoms with Crippen LogP contribution in [0.3, 0.4) is 0 Å². The van der Waals surface area contributed by atoms with Crippen molar-refractivity contribution in [2.45, 2.75) is 51.8 Å². The van der Waals surface area contributed by atoms with Gasteiger partial charge in [0.2, 0.25) is 0 Å². The van der Waals surface area contributed by atoms with Crippen molar-refractivity contribution in [1.29, 1.82) is 0 Å². The zero-order chi connectivity index (χ0) is 26.2. The van der Waals surface area contributed by atoms with Crippen molar-refractivity contribution in [1.82, 2.24) is 20.0 Å². The molecule has 0 aliphatic heterocycles. The van der Waals surface area contributed by atoms with E-state index in [1.807, 2.05) is 95.3 Å². The molecule has 0 spiro atoms. The maximum atomic E-state index is 13.3. The number of rotatable bonds is 7. The summed E-state index contributed by atoms with van der Waals surface area (Å²) in [5, 5.41) is 9.41. The molecule has 0 aliphatic rings. The second-order valence-corrected chi connectivity index (χ2v) is 12.1. The molecule has 8 heteroatoms. The fourth-order valence-electron chi connectivity index (χ4n) is 4.41. The van der Waals surface area contributed by atoms with Crippen LogP contribution in [0.5, 0.6) is 0 Å². The fraction of sp³-hybridized carbons (Fsp3) is 0.276. The highest BCUT2D eigenvalue weighted by molar-refractivity contribution is 7.90. The van der Waals surface area contributed by atoms with E-state index < -0.39 is 16.1 Å². The van der Waals surface area contributed by atoms with Crippen LogP contribution in [0.2, 0.25) is 0 Å². The molecule has 0 amide bonds. The van der Waals surface area contributed by atoms with Gasteiger partial charge in [-0.15, -0.1) is 4.72 Å². The largest absolute Gasteiger partial charge is 0.598 e. The highest BCUT2D eigenvalue weighted by atomic mass is 32.2. The maximum absolute atomic E-state index is 13.3. The standard InChI is InChI=1S/C29H30N4O3S/c1-18-27(19(2)35-31-18)24-15-10-11-20(30-24)17-25(33-37(34)29(3,4)5)21-12-6-7-13-22(21)28-23-14-8-9-16-26(23)36-32-28/h6-16,25,33H,17H2,1-5H3/t25?,37-/m0/s1. The number of hydrogen-bond donors (Lipinski definition) is 1. The Kier molecular flexibility index (Phi) is 6.90. The molecule has 0 aliphatic carbocycles. The summed E-state index contributed by atoms with van der Waals surface area (Å²) < 4.78 is 27.2. The van der Waals surface area contributed by atoms with E-state index in [1.165, 1.54) is 0 Å². The van der Waals surface area contributed by atoms with Crippen molar-refractivity contribution in [2.75, 3.05) is 0 Å². The third-order valence-corrected chi connectivity index (χ3v) is 7.89. The summed E-state index contributed by atoms with van der Waals surface area (Å²) in [6, 6.07) is 21.5.